The molecule has 0 spiro atoms. The predicted molar refractivity (Wildman–Crippen MR) is 136 cm³/mol. The summed E-state index contributed by atoms with van der Waals surface area (Å²) in [5.74, 6) is 0.436. The Bertz CT molecular complexity index is 1370. The van der Waals surface area contributed by atoms with E-state index in [2.05, 4.69) is 19.9 Å². The van der Waals surface area contributed by atoms with Crippen LogP contribution in [0.25, 0.3) is 0 Å². The number of aromatic nitrogens is 4. The van der Waals surface area contributed by atoms with E-state index in [-0.39, 0.29) is 28.4 Å². The number of halogens is 3. The van der Waals surface area contributed by atoms with Crippen molar-refractivity contribution in [3.63, 3.8) is 0 Å². The van der Waals surface area contributed by atoms with Crippen LogP contribution < -0.4 is 4.74 Å². The van der Waals surface area contributed by atoms with Crippen molar-refractivity contribution < 1.29 is 19.7 Å². The molecule has 0 atom stereocenters. The molecule has 192 valence electrons. The molecule has 0 amide bonds. The number of nitro benzene ring substituents is 2. The lowest BCUT2D eigenvalue weighted by Gasteiger charge is -2.04. The van der Waals surface area contributed by atoms with Gasteiger partial charge in [-0.15, -0.1) is 0 Å². The zero-order chi connectivity index (χ0) is 27.5. The molecule has 4 aromatic rings. The molecule has 0 aliphatic carbocycles. The predicted octanol–water partition coefficient (Wildman–Crippen LogP) is 6.53. The van der Waals surface area contributed by atoms with E-state index in [0.717, 1.165) is 11.1 Å². The van der Waals surface area contributed by atoms with Crippen molar-refractivity contribution in [1.82, 2.24) is 19.9 Å². The normalized spacial score (nSPS) is 9.76. The Balaban J connectivity index is 0.000000214. The number of hydrogen-bond donors (Lipinski definition) is 1. The summed E-state index contributed by atoms with van der Waals surface area (Å²) < 4.78 is 5.32. The van der Waals surface area contributed by atoms with E-state index >= 15 is 0 Å². The highest BCUT2D eigenvalue weighted by Gasteiger charge is 2.07. The van der Waals surface area contributed by atoms with Crippen LogP contribution in [0.2, 0.25) is 15.6 Å². The molecule has 2 aromatic heterocycles. The number of hydrogen-bond acceptors (Lipinski definition) is 10. The van der Waals surface area contributed by atoms with Gasteiger partial charge in [0.15, 0.2) is 0 Å². The Morgan fingerprint density at radius 2 is 1.22 bits per heavy atom. The third-order valence-corrected chi connectivity index (χ3v) is 5.03. The van der Waals surface area contributed by atoms with Crippen molar-refractivity contribution in [1.29, 1.82) is 0 Å². The first-order chi connectivity index (χ1) is 17.5. The molecular weight excluding hydrogens is 551 g/mol. The lowest BCUT2D eigenvalue weighted by atomic mass is 10.3. The molecule has 0 saturated heterocycles. The van der Waals surface area contributed by atoms with Gasteiger partial charge in [-0.3, -0.25) is 20.2 Å². The first-order valence-electron chi connectivity index (χ1n) is 9.95. The minimum atomic E-state index is -0.514. The molecular formula is C22H17Cl3N6O6. The van der Waals surface area contributed by atoms with Gasteiger partial charge in [-0.1, -0.05) is 23.2 Å². The smallest absolute Gasteiger partial charge is 0.323 e. The number of phenols is 1. The Kier molecular flexibility index (Phi) is 10.9. The third kappa shape index (κ3) is 9.80. The number of aromatic hydroxyl groups is 1. The highest BCUT2D eigenvalue weighted by atomic mass is 35.5. The second-order valence-electron chi connectivity index (χ2n) is 6.87. The maximum Gasteiger partial charge on any atom is 0.323 e. The number of ether oxygens (including phenoxy) is 1. The van der Waals surface area contributed by atoms with Crippen LogP contribution in [0.5, 0.6) is 17.5 Å². The molecule has 0 saturated carbocycles. The lowest BCUT2D eigenvalue weighted by molar-refractivity contribution is -0.385. The summed E-state index contributed by atoms with van der Waals surface area (Å²) in [6.07, 6.45) is 3.12. The summed E-state index contributed by atoms with van der Waals surface area (Å²) in [5, 5.41) is 30.1. The molecule has 4 rings (SSSR count). The summed E-state index contributed by atoms with van der Waals surface area (Å²) in [6, 6.07) is 10.8. The first kappa shape index (κ1) is 29.1. The topological polar surface area (TPSA) is 167 Å². The fourth-order valence-electron chi connectivity index (χ4n) is 2.17. The highest BCUT2D eigenvalue weighted by Crippen LogP contribution is 2.23. The number of nitro groups is 2. The van der Waals surface area contributed by atoms with E-state index in [1.54, 1.807) is 13.1 Å². The quantitative estimate of drug-likeness (QED) is 0.124. The van der Waals surface area contributed by atoms with Crippen LogP contribution in [-0.2, 0) is 0 Å². The summed E-state index contributed by atoms with van der Waals surface area (Å²) in [4.78, 5) is 34.8. The van der Waals surface area contributed by atoms with Gasteiger partial charge < -0.3 is 9.84 Å². The van der Waals surface area contributed by atoms with E-state index in [0.29, 0.717) is 16.1 Å². The molecule has 1 N–H and O–H groups in total. The van der Waals surface area contributed by atoms with Crippen LogP contribution in [0.15, 0.2) is 60.9 Å². The zero-order valence-corrected chi connectivity index (χ0v) is 21.3. The maximum absolute atomic E-state index is 10.5. The molecule has 2 aromatic carbocycles. The van der Waals surface area contributed by atoms with E-state index < -0.39 is 9.85 Å². The molecule has 37 heavy (non-hydrogen) atoms. The minimum absolute atomic E-state index is 0.00907. The number of benzene rings is 2. The highest BCUT2D eigenvalue weighted by molar-refractivity contribution is 6.32. The molecule has 0 fully saturated rings. The molecule has 0 aliphatic rings. The van der Waals surface area contributed by atoms with E-state index in [1.807, 2.05) is 6.92 Å². The van der Waals surface area contributed by atoms with Crippen LogP contribution in [0, 0.1) is 34.1 Å². The van der Waals surface area contributed by atoms with Crippen molar-refractivity contribution in [2.24, 2.45) is 0 Å². The van der Waals surface area contributed by atoms with Gasteiger partial charge in [0.2, 0.25) is 5.28 Å². The van der Waals surface area contributed by atoms with E-state index in [4.69, 9.17) is 44.6 Å². The van der Waals surface area contributed by atoms with Crippen molar-refractivity contribution in [2.75, 3.05) is 0 Å². The number of rotatable bonds is 4. The number of nitrogens with zero attached hydrogens (tertiary/aromatic N) is 6. The number of non-ortho nitro benzene ring substituents is 2. The van der Waals surface area contributed by atoms with Crippen LogP contribution >= 0.6 is 34.8 Å². The van der Waals surface area contributed by atoms with Crippen LogP contribution in [-0.4, -0.2) is 34.9 Å². The average molecular weight is 568 g/mol. The van der Waals surface area contributed by atoms with Gasteiger partial charge in [0.25, 0.3) is 11.4 Å². The fourth-order valence-corrected chi connectivity index (χ4v) is 2.60. The molecule has 0 aliphatic heterocycles. The van der Waals surface area contributed by atoms with Gasteiger partial charge in [-0.05, 0) is 49.7 Å². The minimum Gasteiger partial charge on any atom is -0.508 e. The van der Waals surface area contributed by atoms with Gasteiger partial charge in [0, 0.05) is 47.8 Å². The van der Waals surface area contributed by atoms with E-state index in [1.165, 1.54) is 54.7 Å². The summed E-state index contributed by atoms with van der Waals surface area (Å²) >= 11 is 16.8. The molecule has 12 nitrogen and oxygen atoms in total. The van der Waals surface area contributed by atoms with Gasteiger partial charge >= 0.3 is 6.01 Å². The number of aryl methyl sites for hydroxylation is 2. The second kappa shape index (κ2) is 13.8. The van der Waals surface area contributed by atoms with Gasteiger partial charge in [-0.25, -0.2) is 15.0 Å². The standard InChI is InChI=1S/C11H8ClN3O3.C6H5NO3.C5H4Cl2N2/c1-7-6-13-11(14-10(7)12)18-9-4-2-8(3-5-9)15(16)17;8-6-3-1-5(2-4-6)7(9)10;1-3-2-8-5(7)9-4(3)6/h2-6H,1H3;1-4,8H;2H,1H3. The average Bonchev–Trinajstić information content (AvgIpc) is 2.85. The summed E-state index contributed by atoms with van der Waals surface area (Å²) in [5.41, 5.74) is 1.55. The summed E-state index contributed by atoms with van der Waals surface area (Å²) in [7, 11) is 0. The van der Waals surface area contributed by atoms with Crippen LogP contribution in [0.3, 0.4) is 0 Å². The van der Waals surface area contributed by atoms with Crippen LogP contribution in [0.1, 0.15) is 11.1 Å². The molecule has 0 unspecified atom stereocenters. The first-order valence-corrected chi connectivity index (χ1v) is 11.1. The van der Waals surface area contributed by atoms with Crippen LogP contribution in [0.4, 0.5) is 11.4 Å². The Labute approximate surface area is 224 Å². The van der Waals surface area contributed by atoms with Gasteiger partial charge in [-0.2, -0.15) is 4.98 Å². The van der Waals surface area contributed by atoms with Gasteiger partial charge in [0.1, 0.15) is 21.8 Å². The van der Waals surface area contributed by atoms with Crippen molar-refractivity contribution in [3.05, 3.63) is 108 Å². The molecule has 2 heterocycles. The Morgan fingerprint density at radius 3 is 1.65 bits per heavy atom. The Morgan fingerprint density at radius 1 is 0.757 bits per heavy atom. The van der Waals surface area contributed by atoms with Crippen molar-refractivity contribution >= 4 is 46.2 Å². The van der Waals surface area contributed by atoms with E-state index in [9.17, 15) is 20.2 Å². The third-order valence-electron chi connectivity index (χ3n) is 4.09. The monoisotopic (exact) mass is 566 g/mol. The SMILES string of the molecule is Cc1cnc(Cl)nc1Cl.Cc1cnc(Oc2ccc([N+](=O)[O-])cc2)nc1Cl.O=[N+]([O-])c1ccc(O)cc1. The maximum atomic E-state index is 10.5. The summed E-state index contributed by atoms with van der Waals surface area (Å²) in [6.45, 7) is 3.59. The number of phenolic OH excluding ortho intramolecular Hbond substituents is 1. The molecule has 0 bridgehead atoms. The fraction of sp³-hybridized carbons (Fsp3) is 0.0909. The Hall–Kier alpha value is -4.13. The van der Waals surface area contributed by atoms with Gasteiger partial charge in [0.05, 0.1) is 9.85 Å². The lowest BCUT2D eigenvalue weighted by Crippen LogP contribution is -1.94. The largest absolute Gasteiger partial charge is 0.508 e. The molecule has 15 heteroatoms. The van der Waals surface area contributed by atoms with Crippen molar-refractivity contribution in [2.45, 2.75) is 13.8 Å². The second-order valence-corrected chi connectivity index (χ2v) is 7.92. The molecule has 0 radical (unpaired) electrons. The van der Waals surface area contributed by atoms with Crippen molar-refractivity contribution in [3.8, 4) is 17.5 Å². The zero-order valence-electron chi connectivity index (χ0n) is 19.1.